The molecule has 110 valence electrons. The number of hydrogen-bond donors (Lipinski definition) is 1. The van der Waals surface area contributed by atoms with Gasteiger partial charge in [-0.05, 0) is 30.5 Å². The second kappa shape index (κ2) is 5.80. The van der Waals surface area contributed by atoms with E-state index in [1.165, 1.54) is 0 Å². The van der Waals surface area contributed by atoms with E-state index in [0.717, 1.165) is 18.2 Å². The SMILES string of the molecule is [2H]C([2H])([2H])Oc1ccc(S(=O)(=O)C[C@H]2CCOC2)cc1C(=O)O. The maximum Gasteiger partial charge on any atom is 0.339 e. The smallest absolute Gasteiger partial charge is 0.339 e. The Balaban J connectivity index is 2.33. The third-order valence-corrected chi connectivity index (χ3v) is 5.01. The molecule has 1 atom stereocenters. The van der Waals surface area contributed by atoms with Crippen LogP contribution in [0.15, 0.2) is 23.1 Å². The molecule has 0 spiro atoms. The van der Waals surface area contributed by atoms with E-state index in [9.17, 15) is 13.2 Å². The van der Waals surface area contributed by atoms with Crippen molar-refractivity contribution in [1.82, 2.24) is 0 Å². The predicted octanol–water partition coefficient (Wildman–Crippen LogP) is 1.20. The standard InChI is InChI=1S/C13H16O6S/c1-18-12-3-2-10(6-11(12)13(14)15)20(16,17)8-9-4-5-19-7-9/h2-3,6,9H,4-5,7-8H2,1H3,(H,14,15)/t9-/m0/s1/i1D3. The van der Waals surface area contributed by atoms with Crippen molar-refractivity contribution in [2.45, 2.75) is 11.3 Å². The van der Waals surface area contributed by atoms with Crippen molar-refractivity contribution in [2.75, 3.05) is 26.0 Å². The summed E-state index contributed by atoms with van der Waals surface area (Å²) in [5.41, 5.74) is -0.509. The Labute approximate surface area is 121 Å². The Morgan fingerprint density at radius 2 is 2.40 bits per heavy atom. The maximum atomic E-state index is 12.4. The molecule has 1 aromatic carbocycles. The molecule has 1 saturated heterocycles. The van der Waals surface area contributed by atoms with E-state index in [1.807, 2.05) is 0 Å². The Morgan fingerprint density at radius 3 is 3.00 bits per heavy atom. The van der Waals surface area contributed by atoms with Gasteiger partial charge in [0.05, 0.1) is 28.4 Å². The average molecular weight is 303 g/mol. The minimum Gasteiger partial charge on any atom is -0.496 e. The molecule has 0 aromatic heterocycles. The highest BCUT2D eigenvalue weighted by Crippen LogP contribution is 2.25. The number of methoxy groups -OCH3 is 1. The Kier molecular flexibility index (Phi) is 3.22. The molecule has 0 unspecified atom stereocenters. The molecule has 1 aromatic rings. The first-order valence-electron chi connectivity index (χ1n) is 7.45. The number of hydrogen-bond acceptors (Lipinski definition) is 5. The van der Waals surface area contributed by atoms with Gasteiger partial charge in [-0.25, -0.2) is 13.2 Å². The molecular formula is C13H16O6S. The van der Waals surface area contributed by atoms with E-state index in [2.05, 4.69) is 4.74 Å². The van der Waals surface area contributed by atoms with Gasteiger partial charge >= 0.3 is 5.97 Å². The quantitative estimate of drug-likeness (QED) is 0.879. The summed E-state index contributed by atoms with van der Waals surface area (Å²) >= 11 is 0. The molecule has 1 N–H and O–H groups in total. The number of ether oxygens (including phenoxy) is 2. The zero-order chi connectivity index (χ0) is 17.3. The summed E-state index contributed by atoms with van der Waals surface area (Å²) in [7, 11) is -6.53. The number of carboxylic acids is 1. The Morgan fingerprint density at radius 1 is 1.60 bits per heavy atom. The van der Waals surface area contributed by atoms with Gasteiger partial charge in [0.1, 0.15) is 11.3 Å². The van der Waals surface area contributed by atoms with Gasteiger partial charge in [-0.3, -0.25) is 0 Å². The van der Waals surface area contributed by atoms with Crippen LogP contribution in [0.5, 0.6) is 5.75 Å². The molecule has 0 saturated carbocycles. The molecule has 1 aliphatic heterocycles. The topological polar surface area (TPSA) is 89.9 Å². The Hall–Kier alpha value is -1.60. The van der Waals surface area contributed by atoms with Crippen molar-refractivity contribution in [3.8, 4) is 5.75 Å². The minimum atomic E-state index is -3.70. The number of carboxylic acid groups (broad SMARTS) is 1. The van der Waals surface area contributed by atoms with E-state index in [4.69, 9.17) is 14.0 Å². The van der Waals surface area contributed by atoms with Crippen LogP contribution in [0.25, 0.3) is 0 Å². The van der Waals surface area contributed by atoms with E-state index in [-0.39, 0.29) is 16.6 Å². The lowest BCUT2D eigenvalue weighted by atomic mass is 10.2. The predicted molar refractivity (Wildman–Crippen MR) is 70.9 cm³/mol. The summed E-state index contributed by atoms with van der Waals surface area (Å²) < 4.78 is 55.5. The normalized spacial score (nSPS) is 21.8. The summed E-state index contributed by atoms with van der Waals surface area (Å²) in [4.78, 5) is 11.1. The number of aromatic carboxylic acids is 1. The third-order valence-electron chi connectivity index (χ3n) is 3.13. The number of benzene rings is 1. The second-order valence-electron chi connectivity index (χ2n) is 4.58. The molecule has 0 amide bonds. The molecule has 0 aliphatic carbocycles. The summed E-state index contributed by atoms with van der Waals surface area (Å²) in [6.45, 7) is 0.858. The average Bonchev–Trinajstić information content (AvgIpc) is 2.88. The van der Waals surface area contributed by atoms with Crippen LogP contribution in [-0.2, 0) is 14.6 Å². The zero-order valence-electron chi connectivity index (χ0n) is 13.5. The van der Waals surface area contributed by atoms with Crippen LogP contribution in [0, 0.1) is 5.92 Å². The monoisotopic (exact) mass is 303 g/mol. The first kappa shape index (κ1) is 11.1. The van der Waals surface area contributed by atoms with Crippen molar-refractivity contribution in [2.24, 2.45) is 5.92 Å². The summed E-state index contributed by atoms with van der Waals surface area (Å²) in [6, 6.07) is 3.13. The number of sulfone groups is 1. The molecule has 20 heavy (non-hydrogen) atoms. The van der Waals surface area contributed by atoms with Crippen LogP contribution in [0.4, 0.5) is 0 Å². The molecular weight excluding hydrogens is 284 g/mol. The van der Waals surface area contributed by atoms with Gasteiger partial charge in [0.25, 0.3) is 0 Å². The van der Waals surface area contributed by atoms with Gasteiger partial charge in [-0.15, -0.1) is 0 Å². The van der Waals surface area contributed by atoms with Crippen molar-refractivity contribution in [3.05, 3.63) is 23.8 Å². The van der Waals surface area contributed by atoms with E-state index >= 15 is 0 Å². The van der Waals surface area contributed by atoms with Gasteiger partial charge in [0.2, 0.25) is 0 Å². The first-order valence-corrected chi connectivity index (χ1v) is 7.60. The number of carbonyl (C=O) groups is 1. The molecule has 0 radical (unpaired) electrons. The van der Waals surface area contributed by atoms with E-state index < -0.39 is 34.2 Å². The zero-order valence-corrected chi connectivity index (χ0v) is 11.4. The highest BCUT2D eigenvalue weighted by molar-refractivity contribution is 7.91. The maximum absolute atomic E-state index is 12.4. The molecule has 1 aliphatic rings. The van der Waals surface area contributed by atoms with Crippen LogP contribution in [-0.4, -0.2) is 45.5 Å². The first-order chi connectivity index (χ1) is 10.6. The summed E-state index contributed by atoms with van der Waals surface area (Å²) in [5, 5.41) is 9.16. The lowest BCUT2D eigenvalue weighted by Crippen LogP contribution is -2.17. The fraction of sp³-hybridized carbons (Fsp3) is 0.462. The fourth-order valence-electron chi connectivity index (χ4n) is 2.08. The van der Waals surface area contributed by atoms with Crippen molar-refractivity contribution in [1.29, 1.82) is 0 Å². The Bertz CT molecular complexity index is 692. The molecule has 7 heteroatoms. The largest absolute Gasteiger partial charge is 0.496 e. The van der Waals surface area contributed by atoms with Crippen LogP contribution >= 0.6 is 0 Å². The van der Waals surface area contributed by atoms with Gasteiger partial charge < -0.3 is 14.6 Å². The van der Waals surface area contributed by atoms with Crippen LogP contribution in [0.3, 0.4) is 0 Å². The summed E-state index contributed by atoms with van der Waals surface area (Å²) in [5.74, 6) is -2.15. The minimum absolute atomic E-state index is 0.133. The van der Waals surface area contributed by atoms with E-state index in [1.54, 1.807) is 0 Å². The van der Waals surface area contributed by atoms with Crippen LogP contribution in [0.2, 0.25) is 0 Å². The van der Waals surface area contributed by atoms with Crippen LogP contribution < -0.4 is 4.74 Å². The van der Waals surface area contributed by atoms with Crippen molar-refractivity contribution in [3.63, 3.8) is 0 Å². The van der Waals surface area contributed by atoms with Crippen LogP contribution in [0.1, 0.15) is 20.9 Å². The van der Waals surface area contributed by atoms with Gasteiger partial charge in [-0.1, -0.05) is 0 Å². The fourth-order valence-corrected chi connectivity index (χ4v) is 3.73. The number of rotatable bonds is 5. The second-order valence-corrected chi connectivity index (χ2v) is 6.61. The molecule has 1 heterocycles. The van der Waals surface area contributed by atoms with E-state index in [0.29, 0.717) is 19.6 Å². The molecule has 0 bridgehead atoms. The molecule has 2 rings (SSSR count). The van der Waals surface area contributed by atoms with Crippen molar-refractivity contribution >= 4 is 15.8 Å². The van der Waals surface area contributed by atoms with Gasteiger partial charge in [0, 0.05) is 6.61 Å². The lowest BCUT2D eigenvalue weighted by molar-refractivity contribution is 0.0693. The highest BCUT2D eigenvalue weighted by atomic mass is 32.2. The summed E-state index contributed by atoms with van der Waals surface area (Å²) in [6.07, 6.45) is 0.630. The van der Waals surface area contributed by atoms with Gasteiger partial charge in [0.15, 0.2) is 9.84 Å². The van der Waals surface area contributed by atoms with Gasteiger partial charge in [-0.2, -0.15) is 0 Å². The third kappa shape index (κ3) is 3.10. The molecule has 1 fully saturated rings. The molecule has 6 nitrogen and oxygen atoms in total. The van der Waals surface area contributed by atoms with Crippen molar-refractivity contribution < 1.29 is 31.9 Å². The highest BCUT2D eigenvalue weighted by Gasteiger charge is 2.26. The lowest BCUT2D eigenvalue weighted by Gasteiger charge is -2.11.